The first-order valence-corrected chi connectivity index (χ1v) is 6.80. The maximum Gasteiger partial charge on any atom is 0.322 e. The molecular formula is C14H16N4O3. The minimum Gasteiger partial charge on any atom is -0.480 e. The number of hydrogen-bond acceptors (Lipinski definition) is 5. The highest BCUT2D eigenvalue weighted by Crippen LogP contribution is 2.09. The van der Waals surface area contributed by atoms with Crippen molar-refractivity contribution in [2.24, 2.45) is 0 Å². The predicted molar refractivity (Wildman–Crippen MR) is 76.2 cm³/mol. The van der Waals surface area contributed by atoms with Crippen LogP contribution in [0.1, 0.15) is 5.69 Å². The van der Waals surface area contributed by atoms with Crippen LogP contribution in [0, 0.1) is 0 Å². The van der Waals surface area contributed by atoms with Crippen molar-refractivity contribution in [3.05, 3.63) is 46.5 Å². The second-order valence-electron chi connectivity index (χ2n) is 5.04. The Hall–Kier alpha value is -2.25. The first-order chi connectivity index (χ1) is 10.1. The van der Waals surface area contributed by atoms with Crippen LogP contribution in [0.4, 0.5) is 0 Å². The van der Waals surface area contributed by atoms with Gasteiger partial charge in [0.25, 0.3) is 5.56 Å². The van der Waals surface area contributed by atoms with Crippen LogP contribution < -0.4 is 10.9 Å². The molecule has 21 heavy (non-hydrogen) atoms. The number of nitrogens with zero attached hydrogens (tertiary/aromatic N) is 3. The number of pyridine rings is 1. The van der Waals surface area contributed by atoms with Crippen LogP contribution in [0.15, 0.2) is 35.3 Å². The number of aliphatic carboxylic acids is 1. The van der Waals surface area contributed by atoms with E-state index in [1.807, 2.05) is 11.0 Å². The van der Waals surface area contributed by atoms with Gasteiger partial charge in [0.05, 0.1) is 5.69 Å². The van der Waals surface area contributed by atoms with Crippen molar-refractivity contribution in [2.75, 3.05) is 19.6 Å². The number of hydrogen-bond donors (Lipinski definition) is 2. The third-order valence-corrected chi connectivity index (χ3v) is 3.63. The van der Waals surface area contributed by atoms with E-state index >= 15 is 0 Å². The summed E-state index contributed by atoms with van der Waals surface area (Å²) < 4.78 is 1.47. The molecule has 0 amide bonds. The lowest BCUT2D eigenvalue weighted by molar-refractivity contribution is -0.144. The number of carboxylic acid groups (broad SMARTS) is 1. The maximum atomic E-state index is 12.0. The summed E-state index contributed by atoms with van der Waals surface area (Å²) in [6, 6.07) is 6.23. The van der Waals surface area contributed by atoms with E-state index in [1.165, 1.54) is 10.5 Å². The molecule has 3 heterocycles. The van der Waals surface area contributed by atoms with Gasteiger partial charge in [-0.15, -0.1) is 0 Å². The Morgan fingerprint density at radius 3 is 3.14 bits per heavy atom. The molecule has 110 valence electrons. The fourth-order valence-electron chi connectivity index (χ4n) is 2.57. The lowest BCUT2D eigenvalue weighted by atomic mass is 10.2. The van der Waals surface area contributed by atoms with Gasteiger partial charge in [-0.1, -0.05) is 6.07 Å². The van der Waals surface area contributed by atoms with Gasteiger partial charge in [-0.05, 0) is 12.1 Å². The van der Waals surface area contributed by atoms with Gasteiger partial charge in [0.1, 0.15) is 11.7 Å². The van der Waals surface area contributed by atoms with Crippen LogP contribution in [-0.4, -0.2) is 51.0 Å². The summed E-state index contributed by atoms with van der Waals surface area (Å²) in [6.45, 7) is 2.12. The summed E-state index contributed by atoms with van der Waals surface area (Å²) in [5, 5.41) is 12.3. The topological polar surface area (TPSA) is 86.9 Å². The molecule has 0 radical (unpaired) electrons. The van der Waals surface area contributed by atoms with Gasteiger partial charge in [-0.25, -0.2) is 4.98 Å². The molecule has 2 aromatic rings. The van der Waals surface area contributed by atoms with E-state index in [1.54, 1.807) is 18.3 Å². The molecule has 0 spiro atoms. The van der Waals surface area contributed by atoms with Gasteiger partial charge < -0.3 is 10.4 Å². The first-order valence-electron chi connectivity index (χ1n) is 6.80. The van der Waals surface area contributed by atoms with Crippen molar-refractivity contribution in [3.8, 4) is 0 Å². The molecule has 1 atom stereocenters. The van der Waals surface area contributed by atoms with Crippen LogP contribution in [0.2, 0.25) is 0 Å². The van der Waals surface area contributed by atoms with Crippen LogP contribution >= 0.6 is 0 Å². The molecule has 2 aromatic heterocycles. The van der Waals surface area contributed by atoms with Gasteiger partial charge in [-0.3, -0.25) is 18.9 Å². The van der Waals surface area contributed by atoms with Gasteiger partial charge in [-0.2, -0.15) is 0 Å². The van der Waals surface area contributed by atoms with Crippen LogP contribution in [0.3, 0.4) is 0 Å². The van der Waals surface area contributed by atoms with E-state index in [2.05, 4.69) is 10.3 Å². The monoisotopic (exact) mass is 288 g/mol. The number of aromatic nitrogens is 2. The second-order valence-corrected chi connectivity index (χ2v) is 5.04. The number of piperazine rings is 1. The fourth-order valence-corrected chi connectivity index (χ4v) is 2.57. The summed E-state index contributed by atoms with van der Waals surface area (Å²) in [4.78, 5) is 29.6. The third-order valence-electron chi connectivity index (χ3n) is 3.63. The average Bonchev–Trinajstić information content (AvgIpc) is 2.47. The van der Waals surface area contributed by atoms with E-state index in [-0.39, 0.29) is 5.56 Å². The molecular weight excluding hydrogens is 272 g/mol. The molecule has 7 nitrogen and oxygen atoms in total. The molecule has 0 bridgehead atoms. The van der Waals surface area contributed by atoms with Crippen LogP contribution in [0.25, 0.3) is 5.65 Å². The normalized spacial score (nSPS) is 19.7. The highest BCUT2D eigenvalue weighted by Gasteiger charge is 2.28. The maximum absolute atomic E-state index is 12.0. The summed E-state index contributed by atoms with van der Waals surface area (Å²) in [6.07, 6.45) is 1.67. The lowest BCUT2D eigenvalue weighted by Gasteiger charge is -2.33. The van der Waals surface area contributed by atoms with Crippen molar-refractivity contribution in [1.82, 2.24) is 19.6 Å². The highest BCUT2D eigenvalue weighted by molar-refractivity contribution is 5.74. The molecule has 1 aliphatic rings. The Bertz CT molecular complexity index is 727. The molecule has 1 fully saturated rings. The third kappa shape index (κ3) is 2.79. The largest absolute Gasteiger partial charge is 0.480 e. The zero-order valence-electron chi connectivity index (χ0n) is 11.4. The van der Waals surface area contributed by atoms with Crippen molar-refractivity contribution in [1.29, 1.82) is 0 Å². The molecule has 1 unspecified atom stereocenters. The molecule has 2 N–H and O–H groups in total. The molecule has 0 aromatic carbocycles. The van der Waals surface area contributed by atoms with Crippen LogP contribution in [-0.2, 0) is 11.3 Å². The number of nitrogens with one attached hydrogen (secondary N) is 1. The van der Waals surface area contributed by atoms with Gasteiger partial charge in [0.15, 0.2) is 0 Å². The Kier molecular flexibility index (Phi) is 3.68. The molecule has 0 aliphatic carbocycles. The lowest BCUT2D eigenvalue weighted by Crippen LogP contribution is -2.54. The fraction of sp³-hybridized carbons (Fsp3) is 0.357. The second kappa shape index (κ2) is 5.63. The number of carboxylic acids is 1. The summed E-state index contributed by atoms with van der Waals surface area (Å²) >= 11 is 0. The van der Waals surface area contributed by atoms with Crippen molar-refractivity contribution in [2.45, 2.75) is 12.6 Å². The van der Waals surface area contributed by atoms with E-state index < -0.39 is 12.0 Å². The van der Waals surface area contributed by atoms with Crippen molar-refractivity contribution in [3.63, 3.8) is 0 Å². The zero-order chi connectivity index (χ0) is 14.8. The van der Waals surface area contributed by atoms with E-state index in [4.69, 9.17) is 0 Å². The van der Waals surface area contributed by atoms with E-state index in [0.29, 0.717) is 31.0 Å². The van der Waals surface area contributed by atoms with E-state index in [9.17, 15) is 14.7 Å². The smallest absolute Gasteiger partial charge is 0.322 e. The Morgan fingerprint density at radius 1 is 1.48 bits per heavy atom. The summed E-state index contributed by atoms with van der Waals surface area (Å²) in [5.41, 5.74) is 1.01. The zero-order valence-corrected chi connectivity index (χ0v) is 11.4. The summed E-state index contributed by atoms with van der Waals surface area (Å²) in [7, 11) is 0. The average molecular weight is 288 g/mol. The number of rotatable bonds is 3. The highest BCUT2D eigenvalue weighted by atomic mass is 16.4. The predicted octanol–water partition coefficient (Wildman–Crippen LogP) is -0.447. The Morgan fingerprint density at radius 2 is 2.33 bits per heavy atom. The Balaban J connectivity index is 1.90. The van der Waals surface area contributed by atoms with E-state index in [0.717, 1.165) is 6.54 Å². The van der Waals surface area contributed by atoms with Crippen molar-refractivity contribution < 1.29 is 9.90 Å². The molecule has 1 aliphatic heterocycles. The SMILES string of the molecule is O=C(O)C1CNCCN1Cc1cc(=O)n2ccccc2n1. The number of fused-ring (bicyclic) bond motifs is 1. The Labute approximate surface area is 120 Å². The molecule has 7 heteroatoms. The first kappa shape index (κ1) is 13.7. The van der Waals surface area contributed by atoms with Crippen molar-refractivity contribution >= 4 is 11.6 Å². The summed E-state index contributed by atoms with van der Waals surface area (Å²) in [5.74, 6) is -0.861. The minimum atomic E-state index is -0.861. The molecule has 3 rings (SSSR count). The molecule has 1 saturated heterocycles. The quantitative estimate of drug-likeness (QED) is 0.796. The van der Waals surface area contributed by atoms with Gasteiger partial charge in [0, 0.05) is 38.4 Å². The molecule has 0 saturated carbocycles. The minimum absolute atomic E-state index is 0.155. The van der Waals surface area contributed by atoms with Gasteiger partial charge >= 0.3 is 5.97 Å². The number of carbonyl (C=O) groups is 1. The van der Waals surface area contributed by atoms with Gasteiger partial charge in [0.2, 0.25) is 0 Å². The standard InChI is InChI=1S/C14H16N4O3/c19-13-7-10(16-12-3-1-2-5-18(12)13)9-17-6-4-15-8-11(17)14(20)21/h1-3,5,7,11,15H,4,6,8-9H2,(H,20,21). The van der Waals surface area contributed by atoms with Crippen LogP contribution in [0.5, 0.6) is 0 Å².